The maximum atomic E-state index is 13.2. The Kier molecular flexibility index (Phi) is 4.67. The Labute approximate surface area is 182 Å². The summed E-state index contributed by atoms with van der Waals surface area (Å²) in [6, 6.07) is 17.4. The van der Waals surface area contributed by atoms with Crippen molar-refractivity contribution in [1.82, 2.24) is 14.5 Å². The fraction of sp³-hybridized carbons (Fsp3) is 0.125. The number of benzene rings is 2. The number of fused-ring (bicyclic) bond motifs is 3. The van der Waals surface area contributed by atoms with Gasteiger partial charge in [0.2, 0.25) is 0 Å². The van der Waals surface area contributed by atoms with E-state index in [0.29, 0.717) is 15.9 Å². The lowest BCUT2D eigenvalue weighted by atomic mass is 10.1. The van der Waals surface area contributed by atoms with E-state index in [1.54, 1.807) is 10.9 Å². The minimum absolute atomic E-state index is 0.0981. The Morgan fingerprint density at radius 2 is 1.68 bits per heavy atom. The smallest absolute Gasteiger partial charge is 0.267 e. The van der Waals surface area contributed by atoms with E-state index < -0.39 is 0 Å². The lowest BCUT2D eigenvalue weighted by molar-refractivity contribution is 0.967. The lowest BCUT2D eigenvalue weighted by Gasteiger charge is -2.06. The summed E-state index contributed by atoms with van der Waals surface area (Å²) in [6.07, 6.45) is 1.58. The predicted molar refractivity (Wildman–Crippen MR) is 125 cm³/mol. The first-order chi connectivity index (χ1) is 15.0. The molecular weight excluding hydrogens is 406 g/mol. The van der Waals surface area contributed by atoms with Crippen LogP contribution >= 0.6 is 11.3 Å². The summed E-state index contributed by atoms with van der Waals surface area (Å²) in [4.78, 5) is 23.3. The molecule has 0 spiro atoms. The van der Waals surface area contributed by atoms with Crippen LogP contribution in [0, 0.1) is 20.8 Å². The van der Waals surface area contributed by atoms with Gasteiger partial charge in [-0.2, -0.15) is 5.11 Å². The third-order valence-electron chi connectivity index (χ3n) is 5.26. The number of hydrogen-bond donors (Lipinski definition) is 0. The van der Waals surface area contributed by atoms with Gasteiger partial charge in [0.15, 0.2) is 0 Å². The molecule has 3 heterocycles. The number of azo groups is 1. The van der Waals surface area contributed by atoms with Crippen molar-refractivity contribution in [2.24, 2.45) is 10.2 Å². The second-order valence-corrected chi connectivity index (χ2v) is 8.42. The van der Waals surface area contributed by atoms with Crippen LogP contribution in [0.25, 0.3) is 26.1 Å². The fourth-order valence-corrected chi connectivity index (χ4v) is 4.77. The van der Waals surface area contributed by atoms with Gasteiger partial charge >= 0.3 is 0 Å². The molecule has 0 saturated heterocycles. The minimum atomic E-state index is -0.0981. The molecule has 0 N–H and O–H groups in total. The van der Waals surface area contributed by atoms with E-state index in [9.17, 15) is 4.79 Å². The molecule has 31 heavy (non-hydrogen) atoms. The van der Waals surface area contributed by atoms with E-state index in [1.807, 2.05) is 75.4 Å². The summed E-state index contributed by atoms with van der Waals surface area (Å²) < 4.78 is 2.15. The van der Waals surface area contributed by atoms with Gasteiger partial charge in [-0.1, -0.05) is 35.9 Å². The predicted octanol–water partition coefficient (Wildman–Crippen LogP) is 6.34. The first-order valence-electron chi connectivity index (χ1n) is 9.88. The molecule has 0 saturated carbocycles. The van der Waals surface area contributed by atoms with Crippen LogP contribution in [0.15, 0.2) is 75.9 Å². The van der Waals surface area contributed by atoms with Crippen molar-refractivity contribution < 1.29 is 0 Å². The number of thiophene rings is 1. The number of nitrogens with zero attached hydrogens (tertiary/aromatic N) is 5. The zero-order chi connectivity index (χ0) is 21.5. The van der Waals surface area contributed by atoms with Crippen LogP contribution in [0.1, 0.15) is 16.8 Å². The largest absolute Gasteiger partial charge is 0.275 e. The summed E-state index contributed by atoms with van der Waals surface area (Å²) >= 11 is 1.37. The van der Waals surface area contributed by atoms with Crippen molar-refractivity contribution in [3.05, 3.63) is 88.1 Å². The van der Waals surface area contributed by atoms with Gasteiger partial charge in [0, 0.05) is 5.39 Å². The van der Waals surface area contributed by atoms with Gasteiger partial charge in [0.1, 0.15) is 21.5 Å². The van der Waals surface area contributed by atoms with Crippen LogP contribution in [-0.2, 0) is 0 Å². The second-order valence-electron chi connectivity index (χ2n) is 7.42. The van der Waals surface area contributed by atoms with Crippen LogP contribution in [0.4, 0.5) is 11.4 Å². The number of aromatic nitrogens is 3. The molecule has 7 heteroatoms. The van der Waals surface area contributed by atoms with Gasteiger partial charge in [-0.05, 0) is 50.6 Å². The Hall–Kier alpha value is -3.71. The van der Waals surface area contributed by atoms with E-state index in [0.717, 1.165) is 32.8 Å². The fourth-order valence-electron chi connectivity index (χ4n) is 3.61. The number of hydrogen-bond acceptors (Lipinski definition) is 6. The summed E-state index contributed by atoms with van der Waals surface area (Å²) in [5.41, 5.74) is 5.71. The Morgan fingerprint density at radius 3 is 2.42 bits per heavy atom. The molecule has 5 rings (SSSR count). The number of para-hydroxylation sites is 1. The first-order valence-corrected chi connectivity index (χ1v) is 10.7. The second kappa shape index (κ2) is 7.52. The number of rotatable bonds is 3. The monoisotopic (exact) mass is 425 g/mol. The van der Waals surface area contributed by atoms with E-state index in [2.05, 4.69) is 15.2 Å². The van der Waals surface area contributed by atoms with Gasteiger partial charge in [-0.15, -0.1) is 16.5 Å². The zero-order valence-corrected chi connectivity index (χ0v) is 18.1. The van der Waals surface area contributed by atoms with Crippen molar-refractivity contribution in [2.75, 3.05) is 0 Å². The maximum Gasteiger partial charge on any atom is 0.275 e. The molecule has 0 aliphatic rings. The molecule has 0 amide bonds. The summed E-state index contributed by atoms with van der Waals surface area (Å²) in [5, 5.41) is 9.73. The van der Waals surface area contributed by atoms with Crippen LogP contribution in [0.5, 0.6) is 0 Å². The molecule has 0 bridgehead atoms. The Bertz CT molecular complexity index is 1520. The highest BCUT2D eigenvalue weighted by Gasteiger charge is 2.18. The first kappa shape index (κ1) is 19.3. The van der Waals surface area contributed by atoms with E-state index >= 15 is 0 Å². The SMILES string of the molecule is Cc1ccc(N=Nc2c(C)nc3sc4c(=O)n(-c5ccccc5)cnc4c3c2C)cc1. The van der Waals surface area contributed by atoms with Crippen molar-refractivity contribution in [2.45, 2.75) is 20.8 Å². The van der Waals surface area contributed by atoms with E-state index in [-0.39, 0.29) is 5.56 Å². The molecule has 2 aromatic carbocycles. The summed E-state index contributed by atoms with van der Waals surface area (Å²) in [6.45, 7) is 5.93. The van der Waals surface area contributed by atoms with Gasteiger partial charge in [0.05, 0.1) is 22.6 Å². The normalized spacial score (nSPS) is 11.7. The highest BCUT2D eigenvalue weighted by atomic mass is 32.1. The summed E-state index contributed by atoms with van der Waals surface area (Å²) in [7, 11) is 0. The molecule has 152 valence electrons. The Morgan fingerprint density at radius 1 is 0.935 bits per heavy atom. The Balaban J connectivity index is 1.68. The van der Waals surface area contributed by atoms with Gasteiger partial charge < -0.3 is 0 Å². The number of aryl methyl sites for hydroxylation is 3. The molecule has 0 radical (unpaired) electrons. The lowest BCUT2D eigenvalue weighted by Crippen LogP contribution is -2.17. The molecule has 5 aromatic rings. The summed E-state index contributed by atoms with van der Waals surface area (Å²) in [5.74, 6) is 0. The van der Waals surface area contributed by atoms with E-state index in [1.165, 1.54) is 16.9 Å². The van der Waals surface area contributed by atoms with Crippen LogP contribution in [0.3, 0.4) is 0 Å². The van der Waals surface area contributed by atoms with Crippen molar-refractivity contribution in [1.29, 1.82) is 0 Å². The standard InChI is InChI=1S/C24H19N5OS/c1-14-9-11-17(12-10-14)27-28-20-15(2)19-21-22(31-23(19)26-16(20)3)24(30)29(13-25-21)18-7-5-4-6-8-18/h4-13H,1-3H3. The van der Waals surface area contributed by atoms with Gasteiger partial charge in [-0.3, -0.25) is 9.36 Å². The third-order valence-corrected chi connectivity index (χ3v) is 6.32. The maximum absolute atomic E-state index is 13.2. The molecule has 0 fully saturated rings. The molecule has 0 atom stereocenters. The third kappa shape index (κ3) is 3.33. The van der Waals surface area contributed by atoms with Crippen molar-refractivity contribution in [3.63, 3.8) is 0 Å². The van der Waals surface area contributed by atoms with Crippen LogP contribution in [-0.4, -0.2) is 14.5 Å². The average molecular weight is 426 g/mol. The van der Waals surface area contributed by atoms with Crippen LogP contribution in [0.2, 0.25) is 0 Å². The molecule has 0 aliphatic heterocycles. The molecule has 0 aliphatic carbocycles. The van der Waals surface area contributed by atoms with Gasteiger partial charge in [0.25, 0.3) is 5.56 Å². The highest BCUT2D eigenvalue weighted by molar-refractivity contribution is 7.25. The van der Waals surface area contributed by atoms with Crippen molar-refractivity contribution in [3.8, 4) is 5.69 Å². The molecule has 3 aromatic heterocycles. The molecular formula is C24H19N5OS. The topological polar surface area (TPSA) is 72.5 Å². The highest BCUT2D eigenvalue weighted by Crippen LogP contribution is 2.37. The van der Waals surface area contributed by atoms with E-state index in [4.69, 9.17) is 4.98 Å². The van der Waals surface area contributed by atoms with Gasteiger partial charge in [-0.25, -0.2) is 9.97 Å². The zero-order valence-electron chi connectivity index (χ0n) is 17.3. The average Bonchev–Trinajstić information content (AvgIpc) is 3.15. The van der Waals surface area contributed by atoms with Crippen molar-refractivity contribution >= 4 is 43.1 Å². The molecule has 0 unspecified atom stereocenters. The number of pyridine rings is 1. The van der Waals surface area contributed by atoms with Crippen LogP contribution < -0.4 is 5.56 Å². The minimum Gasteiger partial charge on any atom is -0.267 e. The molecule has 6 nitrogen and oxygen atoms in total. The quantitative estimate of drug-likeness (QED) is 0.317.